The van der Waals surface area contributed by atoms with Gasteiger partial charge in [0.1, 0.15) is 41.5 Å². The van der Waals surface area contributed by atoms with Crippen LogP contribution in [0.25, 0.3) is 11.3 Å². The molecule has 1 aliphatic carbocycles. The van der Waals surface area contributed by atoms with Gasteiger partial charge in [-0.2, -0.15) is 5.26 Å². The lowest BCUT2D eigenvalue weighted by molar-refractivity contribution is -0.141. The quantitative estimate of drug-likeness (QED) is 0.0804. The van der Waals surface area contributed by atoms with Gasteiger partial charge in [-0.3, -0.25) is 9.59 Å². The van der Waals surface area contributed by atoms with Crippen molar-refractivity contribution >= 4 is 34.8 Å². The third-order valence-corrected chi connectivity index (χ3v) is 17.2. The number of nitrogens with zero attached hydrogens (tertiary/aromatic N) is 10. The minimum Gasteiger partial charge on any atom is -0.507 e. The fourth-order valence-electron chi connectivity index (χ4n) is 12.9. The monoisotopic (exact) mass is 1080 g/mol. The van der Waals surface area contributed by atoms with E-state index in [1.54, 1.807) is 18.2 Å². The van der Waals surface area contributed by atoms with Crippen LogP contribution in [0.5, 0.6) is 11.6 Å². The Bertz CT molecular complexity index is 3030. The van der Waals surface area contributed by atoms with E-state index < -0.39 is 53.1 Å². The van der Waals surface area contributed by atoms with Crippen LogP contribution in [0.1, 0.15) is 107 Å². The van der Waals surface area contributed by atoms with Crippen LogP contribution < -0.4 is 30.5 Å². The number of piperazine rings is 1. The molecule has 2 aromatic carbocycles. The second kappa shape index (κ2) is 22.9. The number of phenols is 1. The Balaban J connectivity index is 0.603. The van der Waals surface area contributed by atoms with Crippen molar-refractivity contribution in [2.24, 2.45) is 11.8 Å². The average molecular weight is 1090 g/mol. The van der Waals surface area contributed by atoms with Gasteiger partial charge in [-0.15, -0.1) is 10.2 Å². The van der Waals surface area contributed by atoms with E-state index in [0.717, 1.165) is 121 Å². The predicted octanol–water partition coefficient (Wildman–Crippen LogP) is 6.71. The van der Waals surface area contributed by atoms with Crippen LogP contribution >= 0.6 is 0 Å². The minimum atomic E-state index is -1.05. The fourth-order valence-corrected chi connectivity index (χ4v) is 12.9. The number of rotatable bonds is 16. The number of amides is 2. The molecule has 418 valence electrons. The van der Waals surface area contributed by atoms with E-state index in [2.05, 4.69) is 57.4 Å². The summed E-state index contributed by atoms with van der Waals surface area (Å²) in [4.78, 5) is 43.4. The Morgan fingerprint density at radius 1 is 0.873 bits per heavy atom. The fraction of sp³-hybridized carbons (Fsp3) is 0.534. The van der Waals surface area contributed by atoms with Crippen molar-refractivity contribution < 1.29 is 42.6 Å². The maximum atomic E-state index is 14.8. The zero-order valence-corrected chi connectivity index (χ0v) is 45.0. The summed E-state index contributed by atoms with van der Waals surface area (Å²) in [5.74, 6) is -1.02. The molecule has 1 saturated carbocycles. The summed E-state index contributed by atoms with van der Waals surface area (Å²) >= 11 is 0. The van der Waals surface area contributed by atoms with Gasteiger partial charge < -0.3 is 59.8 Å². The Kier molecular flexibility index (Phi) is 15.6. The number of phenolic OH excluding ortho intramolecular Hbond substituents is 1. The topological polar surface area (TPSA) is 236 Å². The van der Waals surface area contributed by atoms with Gasteiger partial charge in [0.25, 0.3) is 0 Å². The number of carbonyl (C=O) groups is 2. The number of nitriles is 1. The molecule has 2 bridgehead atoms. The zero-order valence-electron chi connectivity index (χ0n) is 45.0. The molecule has 5 N–H and O–H groups in total. The van der Waals surface area contributed by atoms with E-state index in [1.165, 1.54) is 11.8 Å². The van der Waals surface area contributed by atoms with Gasteiger partial charge in [0.15, 0.2) is 17.4 Å². The van der Waals surface area contributed by atoms with Gasteiger partial charge >= 0.3 is 0 Å². The van der Waals surface area contributed by atoms with E-state index in [0.29, 0.717) is 40.5 Å². The average Bonchev–Trinajstić information content (AvgIpc) is 4.24. The lowest BCUT2D eigenvalue weighted by atomic mass is 9.91. The Morgan fingerprint density at radius 3 is 2.34 bits per heavy atom. The molecule has 2 amide bonds. The number of piperidine rings is 2. The van der Waals surface area contributed by atoms with Crippen LogP contribution in [0.4, 0.5) is 31.8 Å². The second-order valence-electron chi connectivity index (χ2n) is 22.9. The number of carbonyl (C=O) groups excluding carboxylic acids is 2. The Morgan fingerprint density at radius 2 is 1.62 bits per heavy atom. The lowest BCUT2D eigenvalue weighted by Crippen LogP contribution is -2.54. The number of hydrogen-bond donors (Lipinski definition) is 4. The summed E-state index contributed by atoms with van der Waals surface area (Å²) in [5, 5.41) is 45.8. The number of halogens is 2. The molecule has 21 heteroatoms. The van der Waals surface area contributed by atoms with Crippen LogP contribution in [0.2, 0.25) is 0 Å². The third-order valence-electron chi connectivity index (χ3n) is 17.2. The maximum absolute atomic E-state index is 14.8. The van der Waals surface area contributed by atoms with Crippen LogP contribution in [-0.2, 0) is 14.3 Å². The van der Waals surface area contributed by atoms with Gasteiger partial charge in [-0.25, -0.2) is 13.8 Å². The Labute approximate surface area is 458 Å². The van der Waals surface area contributed by atoms with Crippen molar-refractivity contribution in [1.29, 1.82) is 5.26 Å². The number of para-hydroxylation sites is 1. The first-order valence-corrected chi connectivity index (χ1v) is 28.0. The van der Waals surface area contributed by atoms with E-state index in [4.69, 9.17) is 25.0 Å². The number of nitrogen functional groups attached to an aromatic ring is 1. The van der Waals surface area contributed by atoms with E-state index >= 15 is 0 Å². The molecule has 11 rings (SSSR count). The molecular formula is C58H70F2N12O7. The van der Waals surface area contributed by atoms with Gasteiger partial charge in [-0.05, 0) is 93.7 Å². The number of anilines is 4. The summed E-state index contributed by atoms with van der Waals surface area (Å²) in [6, 6.07) is 16.9. The third kappa shape index (κ3) is 11.5. The second-order valence-corrected chi connectivity index (χ2v) is 22.9. The molecule has 2 unspecified atom stereocenters. The van der Waals surface area contributed by atoms with Crippen molar-refractivity contribution in [2.45, 2.75) is 133 Å². The summed E-state index contributed by atoms with van der Waals surface area (Å²) in [5.41, 5.74) is 8.97. The van der Waals surface area contributed by atoms with Crippen molar-refractivity contribution in [3.63, 3.8) is 0 Å². The SMILES string of the molecule is CC(C)[C@@H](C(=O)N1C[C@H](O)C[C@H]1C(=O)N[C@@H](C)c1cc(F)c(C#N)cc1F)c1cc(N2CCC(CN3CCC(O[C@H]4C[C@H](Oc5cc(N6C7CCC6CN(c6cc(-c8ccccc8O)nnc6N)C7)ccn5)C4)CC3)CC2)no1. The number of benzene rings is 2. The molecule has 8 heterocycles. The number of β-amino-alcohol motifs (C(OH)–C–C–N with tert-alkyl or cyclic N) is 1. The van der Waals surface area contributed by atoms with E-state index in [9.17, 15) is 28.6 Å². The van der Waals surface area contributed by atoms with E-state index in [1.807, 2.05) is 44.3 Å². The van der Waals surface area contributed by atoms with Gasteiger partial charge in [0, 0.05) is 119 Å². The molecule has 0 radical (unpaired) electrons. The molecule has 6 aliphatic rings. The summed E-state index contributed by atoms with van der Waals surface area (Å²) in [6.07, 6.45) is 9.16. The Hall–Kier alpha value is -7.15. The molecular weight excluding hydrogens is 1010 g/mol. The number of nitrogens with two attached hydrogens (primary N) is 1. The number of ether oxygens (including phenoxy) is 2. The first-order chi connectivity index (χ1) is 38.2. The van der Waals surface area contributed by atoms with Crippen molar-refractivity contribution in [3.05, 3.63) is 95.4 Å². The van der Waals surface area contributed by atoms with Gasteiger partial charge in [0.05, 0.1) is 41.3 Å². The number of likely N-dealkylation sites (tertiary alicyclic amines) is 2. The summed E-state index contributed by atoms with van der Waals surface area (Å²) in [7, 11) is 0. The molecule has 3 aromatic heterocycles. The first kappa shape index (κ1) is 53.8. The summed E-state index contributed by atoms with van der Waals surface area (Å²) in [6.45, 7) is 11.4. The molecule has 6 fully saturated rings. The first-order valence-electron chi connectivity index (χ1n) is 28.0. The molecule has 5 aromatic rings. The van der Waals surface area contributed by atoms with Crippen LogP contribution in [-0.4, -0.2) is 147 Å². The highest BCUT2D eigenvalue weighted by atomic mass is 19.1. The number of aromatic nitrogens is 4. The van der Waals surface area contributed by atoms with Crippen molar-refractivity contribution in [3.8, 4) is 29.0 Å². The number of aliphatic hydroxyl groups is 1. The normalized spacial score (nSPS) is 24.6. The highest BCUT2D eigenvalue weighted by molar-refractivity contribution is 5.91. The van der Waals surface area contributed by atoms with Crippen LogP contribution in [0.15, 0.2) is 71.4 Å². The van der Waals surface area contributed by atoms with Crippen molar-refractivity contribution in [2.75, 3.05) is 72.8 Å². The highest BCUT2D eigenvalue weighted by Crippen LogP contribution is 2.41. The van der Waals surface area contributed by atoms with Gasteiger partial charge in [-0.1, -0.05) is 31.1 Å². The zero-order chi connectivity index (χ0) is 55.1. The number of pyridine rings is 1. The van der Waals surface area contributed by atoms with Crippen LogP contribution in [0.3, 0.4) is 0 Å². The smallest absolute Gasteiger partial charge is 0.243 e. The molecule has 5 aliphatic heterocycles. The minimum absolute atomic E-state index is 0.0200. The number of hydrogen-bond acceptors (Lipinski definition) is 17. The largest absolute Gasteiger partial charge is 0.507 e. The highest BCUT2D eigenvalue weighted by Gasteiger charge is 2.45. The molecule has 5 saturated heterocycles. The predicted molar refractivity (Wildman–Crippen MR) is 290 cm³/mol. The van der Waals surface area contributed by atoms with Crippen molar-refractivity contribution in [1.82, 2.24) is 35.5 Å². The van der Waals surface area contributed by atoms with Gasteiger partial charge in [0.2, 0.25) is 17.7 Å². The molecule has 79 heavy (non-hydrogen) atoms. The number of aliphatic hydroxyl groups excluding tert-OH is 1. The molecule has 0 spiro atoms. The maximum Gasteiger partial charge on any atom is 0.243 e. The molecule has 6 atom stereocenters. The summed E-state index contributed by atoms with van der Waals surface area (Å²) < 4.78 is 48.1. The van der Waals surface area contributed by atoms with E-state index in [-0.39, 0.29) is 60.6 Å². The lowest BCUT2D eigenvalue weighted by Gasteiger charge is -2.43. The molecule has 19 nitrogen and oxygen atoms in total. The number of fused-ring (bicyclic) bond motifs is 2. The number of nitrogens with one attached hydrogen (secondary N) is 1. The number of aromatic hydroxyl groups is 1. The standard InChI is InChI=1S/C58H70F2N12O7/c1-33(2)55(58(76)71-32-40(73)22-50(71)57(75)64-34(3)45-25-46(59)36(28-61)20-47(45)60)52-27-53(67-79-52)69-18-11-35(12-19-69)29-68-16-13-41(14-17-68)77-42-23-43(24-42)78-54-21-37(10-15-63-54)72-38-8-9-39(72)31-70(30-38)49-26-48(65-66-56(49)62)44-6-4-5-7-51(44)74/h4-7,10,15,20-21,25-27,33-35,38-43,50,55,73-74H,8-9,11-14,16-19,22-24,29-32H2,1-3H3,(H2,62,66)(H,64,75)/t34-,38?,39?,40+,42-,43-,50-,55+/m0/s1. The van der Waals surface area contributed by atoms with Crippen LogP contribution in [0, 0.1) is 34.8 Å².